The second-order valence-corrected chi connectivity index (χ2v) is 10.4. The molecule has 0 unspecified atom stereocenters. The number of para-hydroxylation sites is 1. The standard InChI is InChI=1S/C22H21ClN2O4S2/c1-29-18-11-10-15(24-22(26)20-12-14-6-2-5-9-19(14)30-20)13-21(18)31(27,28)25-17-8-4-3-7-16(17)23/h3-4,7-8,10-13,25H,2,5-6,9H2,1H3,(H,24,26). The van der Waals surface area contributed by atoms with Crippen molar-refractivity contribution >= 4 is 50.2 Å². The van der Waals surface area contributed by atoms with Crippen molar-refractivity contribution in [2.45, 2.75) is 30.6 Å². The Hall–Kier alpha value is -2.55. The number of hydrogen-bond acceptors (Lipinski definition) is 5. The van der Waals surface area contributed by atoms with Gasteiger partial charge in [0, 0.05) is 10.6 Å². The first-order valence-electron chi connectivity index (χ1n) is 9.76. The molecule has 0 spiro atoms. The first-order chi connectivity index (χ1) is 14.9. The number of methoxy groups -OCH3 is 1. The maximum Gasteiger partial charge on any atom is 0.265 e. The van der Waals surface area contributed by atoms with E-state index in [0.29, 0.717) is 10.6 Å². The molecule has 0 radical (unpaired) electrons. The van der Waals surface area contributed by atoms with Crippen LogP contribution in [0.3, 0.4) is 0 Å². The topological polar surface area (TPSA) is 84.5 Å². The van der Waals surface area contributed by atoms with E-state index in [2.05, 4.69) is 10.0 Å². The van der Waals surface area contributed by atoms with E-state index in [9.17, 15) is 13.2 Å². The number of halogens is 1. The number of ether oxygens (including phenoxy) is 1. The first-order valence-corrected chi connectivity index (χ1v) is 12.4. The summed E-state index contributed by atoms with van der Waals surface area (Å²) in [5.41, 5.74) is 1.85. The van der Waals surface area contributed by atoms with Gasteiger partial charge in [-0.2, -0.15) is 0 Å². The van der Waals surface area contributed by atoms with Crippen LogP contribution in [0.2, 0.25) is 5.02 Å². The predicted octanol–water partition coefficient (Wildman–Crippen LogP) is 5.34. The lowest BCUT2D eigenvalue weighted by molar-refractivity contribution is 0.103. The van der Waals surface area contributed by atoms with Crippen LogP contribution in [0.25, 0.3) is 0 Å². The van der Waals surface area contributed by atoms with Crippen LogP contribution in [0.5, 0.6) is 5.75 Å². The molecule has 1 aliphatic rings. The summed E-state index contributed by atoms with van der Waals surface area (Å²) >= 11 is 7.59. The molecule has 1 amide bonds. The molecule has 1 heterocycles. The Morgan fingerprint density at radius 2 is 1.87 bits per heavy atom. The van der Waals surface area contributed by atoms with E-state index in [0.717, 1.165) is 25.7 Å². The number of nitrogens with one attached hydrogen (secondary N) is 2. The maximum atomic E-state index is 13.0. The van der Waals surface area contributed by atoms with Crippen LogP contribution in [0.4, 0.5) is 11.4 Å². The third-order valence-electron chi connectivity index (χ3n) is 5.05. The number of amides is 1. The molecule has 0 aliphatic heterocycles. The van der Waals surface area contributed by atoms with Crippen molar-refractivity contribution in [1.29, 1.82) is 0 Å². The monoisotopic (exact) mass is 476 g/mol. The third-order valence-corrected chi connectivity index (χ3v) is 8.00. The zero-order valence-electron chi connectivity index (χ0n) is 16.8. The van der Waals surface area contributed by atoms with Gasteiger partial charge in [0.2, 0.25) is 0 Å². The van der Waals surface area contributed by atoms with Gasteiger partial charge in [-0.15, -0.1) is 11.3 Å². The van der Waals surface area contributed by atoms with Gasteiger partial charge in [0.25, 0.3) is 15.9 Å². The average Bonchev–Trinajstić information content (AvgIpc) is 3.20. The molecule has 2 N–H and O–H groups in total. The Labute approximate surface area is 190 Å². The van der Waals surface area contributed by atoms with Gasteiger partial charge < -0.3 is 10.1 Å². The molecule has 3 aromatic rings. The highest BCUT2D eigenvalue weighted by Gasteiger charge is 2.23. The number of thiophene rings is 1. The Morgan fingerprint density at radius 3 is 2.61 bits per heavy atom. The zero-order valence-corrected chi connectivity index (χ0v) is 19.2. The van der Waals surface area contributed by atoms with Crippen molar-refractivity contribution in [3.63, 3.8) is 0 Å². The van der Waals surface area contributed by atoms with Gasteiger partial charge in [-0.05, 0) is 67.6 Å². The van der Waals surface area contributed by atoms with Gasteiger partial charge in [-0.1, -0.05) is 23.7 Å². The fourth-order valence-corrected chi connectivity index (χ4v) is 6.17. The summed E-state index contributed by atoms with van der Waals surface area (Å²) < 4.78 is 33.7. The third kappa shape index (κ3) is 4.71. The number of carbonyl (C=O) groups is 1. The highest BCUT2D eigenvalue weighted by atomic mass is 35.5. The van der Waals surface area contributed by atoms with E-state index < -0.39 is 10.0 Å². The lowest BCUT2D eigenvalue weighted by atomic mass is 9.99. The minimum absolute atomic E-state index is 0.0989. The first kappa shape index (κ1) is 21.7. The maximum absolute atomic E-state index is 13.0. The van der Waals surface area contributed by atoms with E-state index in [1.165, 1.54) is 41.0 Å². The summed E-state index contributed by atoms with van der Waals surface area (Å²) in [4.78, 5) is 14.6. The summed E-state index contributed by atoms with van der Waals surface area (Å²) in [6.07, 6.45) is 4.29. The number of fused-ring (bicyclic) bond motifs is 1. The molecular weight excluding hydrogens is 456 g/mol. The van der Waals surface area contributed by atoms with E-state index in [1.807, 2.05) is 6.07 Å². The molecule has 6 nitrogen and oxygen atoms in total. The molecule has 0 saturated heterocycles. The van der Waals surface area contributed by atoms with Gasteiger partial charge in [-0.3, -0.25) is 9.52 Å². The Morgan fingerprint density at radius 1 is 1.10 bits per heavy atom. The lowest BCUT2D eigenvalue weighted by Gasteiger charge is -2.14. The van der Waals surface area contributed by atoms with Crippen LogP contribution < -0.4 is 14.8 Å². The van der Waals surface area contributed by atoms with E-state index in [-0.39, 0.29) is 27.3 Å². The Kier molecular flexibility index (Phi) is 6.22. The van der Waals surface area contributed by atoms with Crippen LogP contribution in [-0.4, -0.2) is 21.4 Å². The molecule has 0 atom stereocenters. The van der Waals surface area contributed by atoms with E-state index in [1.54, 1.807) is 30.3 Å². The van der Waals surface area contributed by atoms with Crippen LogP contribution in [0.1, 0.15) is 33.0 Å². The zero-order chi connectivity index (χ0) is 22.0. The lowest BCUT2D eigenvalue weighted by Crippen LogP contribution is -2.16. The van der Waals surface area contributed by atoms with Gasteiger partial charge in [-0.25, -0.2) is 8.42 Å². The van der Waals surface area contributed by atoms with Crippen molar-refractivity contribution in [1.82, 2.24) is 0 Å². The summed E-state index contributed by atoms with van der Waals surface area (Å²) in [5.74, 6) is -0.101. The number of hydrogen-bond donors (Lipinski definition) is 2. The molecule has 0 fully saturated rings. The SMILES string of the molecule is COc1ccc(NC(=O)c2cc3c(s2)CCCC3)cc1S(=O)(=O)Nc1ccccc1Cl. The van der Waals surface area contributed by atoms with Crippen molar-refractivity contribution in [2.24, 2.45) is 0 Å². The van der Waals surface area contributed by atoms with Crippen LogP contribution in [0.15, 0.2) is 53.4 Å². The molecule has 0 bridgehead atoms. The molecule has 1 aromatic heterocycles. The molecule has 1 aliphatic carbocycles. The van der Waals surface area contributed by atoms with Crippen molar-refractivity contribution in [3.8, 4) is 5.75 Å². The normalized spacial score (nSPS) is 13.4. The number of carbonyl (C=O) groups excluding carboxylic acids is 1. The minimum Gasteiger partial charge on any atom is -0.495 e. The van der Waals surface area contributed by atoms with Crippen molar-refractivity contribution in [3.05, 3.63) is 68.9 Å². The van der Waals surface area contributed by atoms with Crippen LogP contribution in [-0.2, 0) is 22.9 Å². The van der Waals surface area contributed by atoms with Crippen LogP contribution in [0, 0.1) is 0 Å². The summed E-state index contributed by atoms with van der Waals surface area (Å²) in [6.45, 7) is 0. The van der Waals surface area contributed by atoms with E-state index in [4.69, 9.17) is 16.3 Å². The Bertz CT molecular complexity index is 1210. The predicted molar refractivity (Wildman–Crippen MR) is 124 cm³/mol. The minimum atomic E-state index is -4.01. The number of benzene rings is 2. The van der Waals surface area contributed by atoms with Gasteiger partial charge in [0.15, 0.2) is 0 Å². The van der Waals surface area contributed by atoms with Crippen molar-refractivity contribution < 1.29 is 17.9 Å². The molecule has 2 aromatic carbocycles. The number of aryl methyl sites for hydroxylation is 2. The second kappa shape index (κ2) is 8.90. The highest BCUT2D eigenvalue weighted by Crippen LogP contribution is 2.32. The molecule has 9 heteroatoms. The smallest absolute Gasteiger partial charge is 0.265 e. The summed E-state index contributed by atoms with van der Waals surface area (Å²) in [5, 5.41) is 3.08. The fourth-order valence-electron chi connectivity index (χ4n) is 3.50. The second-order valence-electron chi connectivity index (χ2n) is 7.17. The quantitative estimate of drug-likeness (QED) is 0.502. The molecule has 0 saturated carbocycles. The summed E-state index contributed by atoms with van der Waals surface area (Å²) in [7, 11) is -2.62. The largest absolute Gasteiger partial charge is 0.495 e. The van der Waals surface area contributed by atoms with Gasteiger partial charge in [0.1, 0.15) is 10.6 Å². The molecule has 4 rings (SSSR count). The number of sulfonamides is 1. The van der Waals surface area contributed by atoms with Gasteiger partial charge >= 0.3 is 0 Å². The van der Waals surface area contributed by atoms with Crippen LogP contribution >= 0.6 is 22.9 Å². The fraction of sp³-hybridized carbons (Fsp3) is 0.227. The summed E-state index contributed by atoms with van der Waals surface area (Å²) in [6, 6.07) is 13.0. The van der Waals surface area contributed by atoms with E-state index >= 15 is 0 Å². The molecular formula is C22H21ClN2O4S2. The number of anilines is 2. The molecule has 162 valence electrons. The van der Waals surface area contributed by atoms with Gasteiger partial charge in [0.05, 0.1) is 22.7 Å². The highest BCUT2D eigenvalue weighted by molar-refractivity contribution is 7.92. The van der Waals surface area contributed by atoms with Crippen molar-refractivity contribution in [2.75, 3.05) is 17.1 Å². The number of rotatable bonds is 6. The average molecular weight is 477 g/mol. The molecule has 31 heavy (non-hydrogen) atoms. The Balaban J connectivity index is 1.60.